The van der Waals surface area contributed by atoms with Crippen LogP contribution in [0.5, 0.6) is 0 Å². The van der Waals surface area contributed by atoms with Crippen molar-refractivity contribution in [3.05, 3.63) is 51.9 Å². The van der Waals surface area contributed by atoms with Gasteiger partial charge in [0.1, 0.15) is 11.6 Å². The number of nitrogens with one attached hydrogen (secondary N) is 1. The monoisotopic (exact) mass is 394 g/mol. The highest BCUT2D eigenvalue weighted by Crippen LogP contribution is 2.32. The molecular formula is C23H27ClN4. The van der Waals surface area contributed by atoms with E-state index < -0.39 is 0 Å². The molecule has 2 aliphatic rings. The van der Waals surface area contributed by atoms with Gasteiger partial charge in [-0.15, -0.1) is 0 Å². The maximum Gasteiger partial charge on any atom is 0.163 e. The fourth-order valence-corrected chi connectivity index (χ4v) is 4.19. The van der Waals surface area contributed by atoms with E-state index in [-0.39, 0.29) is 0 Å². The first-order valence-corrected chi connectivity index (χ1v) is 10.7. The SMILES string of the molecule is CCC1C=NC(Nc2nc(-c3ccccc3Cl)nc3c2CCCCC3)=C(C)C1. The van der Waals surface area contributed by atoms with Crippen LogP contribution in [0.25, 0.3) is 11.4 Å². The number of halogens is 1. The summed E-state index contributed by atoms with van der Waals surface area (Å²) in [6, 6.07) is 7.79. The van der Waals surface area contributed by atoms with Crippen molar-refractivity contribution < 1.29 is 0 Å². The summed E-state index contributed by atoms with van der Waals surface area (Å²) in [7, 11) is 0. The van der Waals surface area contributed by atoms with Gasteiger partial charge in [-0.1, -0.05) is 37.1 Å². The van der Waals surface area contributed by atoms with Gasteiger partial charge >= 0.3 is 0 Å². The molecule has 0 spiro atoms. The first-order chi connectivity index (χ1) is 13.7. The zero-order valence-corrected chi connectivity index (χ0v) is 17.4. The first-order valence-electron chi connectivity index (χ1n) is 10.3. The van der Waals surface area contributed by atoms with Crippen molar-refractivity contribution in [2.24, 2.45) is 10.9 Å². The molecular weight excluding hydrogens is 368 g/mol. The molecule has 1 atom stereocenters. The van der Waals surface area contributed by atoms with E-state index in [1.807, 2.05) is 24.3 Å². The highest BCUT2D eigenvalue weighted by Gasteiger charge is 2.21. The Balaban J connectivity index is 1.76. The highest BCUT2D eigenvalue weighted by atomic mass is 35.5. The number of benzene rings is 1. The van der Waals surface area contributed by atoms with Crippen molar-refractivity contribution in [3.8, 4) is 11.4 Å². The Kier molecular flexibility index (Phi) is 5.77. The fourth-order valence-electron chi connectivity index (χ4n) is 3.97. The number of hydrogen-bond acceptors (Lipinski definition) is 4. The van der Waals surface area contributed by atoms with Gasteiger partial charge in [0, 0.05) is 23.0 Å². The van der Waals surface area contributed by atoms with Crippen LogP contribution in [0, 0.1) is 5.92 Å². The molecule has 2 aromatic rings. The normalized spacial score (nSPS) is 19.3. The van der Waals surface area contributed by atoms with Gasteiger partial charge in [0.05, 0.1) is 5.02 Å². The van der Waals surface area contributed by atoms with Crippen molar-refractivity contribution in [1.82, 2.24) is 9.97 Å². The highest BCUT2D eigenvalue weighted by molar-refractivity contribution is 6.33. The summed E-state index contributed by atoms with van der Waals surface area (Å²) in [4.78, 5) is 14.5. The molecule has 0 saturated carbocycles. The lowest BCUT2D eigenvalue weighted by Crippen LogP contribution is -2.15. The molecule has 4 nitrogen and oxygen atoms in total. The fraction of sp³-hybridized carbons (Fsp3) is 0.435. The smallest absolute Gasteiger partial charge is 0.163 e. The first kappa shape index (κ1) is 19.1. The lowest BCUT2D eigenvalue weighted by atomic mass is 9.97. The Morgan fingerprint density at radius 1 is 1.11 bits per heavy atom. The molecule has 2 heterocycles. The topological polar surface area (TPSA) is 50.2 Å². The van der Waals surface area contributed by atoms with Crippen LogP contribution in [0.3, 0.4) is 0 Å². The van der Waals surface area contributed by atoms with Crippen LogP contribution in [-0.2, 0) is 12.8 Å². The third-order valence-corrected chi connectivity index (χ3v) is 6.03. The zero-order chi connectivity index (χ0) is 19.5. The van der Waals surface area contributed by atoms with Crippen LogP contribution in [0.1, 0.15) is 57.2 Å². The third kappa shape index (κ3) is 3.97. The molecule has 0 saturated heterocycles. The third-order valence-electron chi connectivity index (χ3n) is 5.70. The van der Waals surface area contributed by atoms with Crippen molar-refractivity contribution in [2.75, 3.05) is 5.32 Å². The predicted molar refractivity (Wildman–Crippen MR) is 117 cm³/mol. The molecule has 1 aliphatic carbocycles. The van der Waals surface area contributed by atoms with Gasteiger partial charge in [-0.05, 0) is 69.1 Å². The lowest BCUT2D eigenvalue weighted by Gasteiger charge is -2.21. The molecule has 1 aromatic carbocycles. The zero-order valence-electron chi connectivity index (χ0n) is 16.6. The van der Waals surface area contributed by atoms with E-state index in [9.17, 15) is 0 Å². The van der Waals surface area contributed by atoms with E-state index >= 15 is 0 Å². The van der Waals surface area contributed by atoms with Crippen molar-refractivity contribution in [1.29, 1.82) is 0 Å². The Morgan fingerprint density at radius 3 is 2.71 bits per heavy atom. The van der Waals surface area contributed by atoms with E-state index in [0.29, 0.717) is 16.8 Å². The second kappa shape index (κ2) is 8.44. The number of allylic oxidation sites excluding steroid dienone is 1. The summed E-state index contributed by atoms with van der Waals surface area (Å²) in [6.45, 7) is 4.37. The summed E-state index contributed by atoms with van der Waals surface area (Å²) in [6.07, 6.45) is 9.82. The number of fused-ring (bicyclic) bond motifs is 1. The van der Waals surface area contributed by atoms with Gasteiger partial charge in [-0.3, -0.25) is 0 Å². The van der Waals surface area contributed by atoms with E-state index in [4.69, 9.17) is 26.6 Å². The van der Waals surface area contributed by atoms with Crippen molar-refractivity contribution in [3.63, 3.8) is 0 Å². The second-order valence-corrected chi connectivity index (χ2v) is 8.17. The van der Waals surface area contributed by atoms with Gasteiger partial charge in [-0.25, -0.2) is 15.0 Å². The molecule has 1 aromatic heterocycles. The number of nitrogens with zero attached hydrogens (tertiary/aromatic N) is 3. The number of aliphatic imine (C=N–C) groups is 1. The van der Waals surface area contributed by atoms with Gasteiger partial charge in [0.15, 0.2) is 5.82 Å². The van der Waals surface area contributed by atoms with Crippen LogP contribution < -0.4 is 5.32 Å². The van der Waals surface area contributed by atoms with Gasteiger partial charge in [-0.2, -0.15) is 0 Å². The molecule has 28 heavy (non-hydrogen) atoms. The number of anilines is 1. The summed E-state index contributed by atoms with van der Waals surface area (Å²) in [5.74, 6) is 3.05. The molecule has 0 bridgehead atoms. The number of rotatable bonds is 4. The molecule has 5 heteroatoms. The molecule has 1 aliphatic heterocycles. The maximum absolute atomic E-state index is 6.44. The average Bonchev–Trinajstić information content (AvgIpc) is 2.95. The Labute approximate surface area is 172 Å². The predicted octanol–water partition coefficient (Wildman–Crippen LogP) is 6.21. The van der Waals surface area contributed by atoms with E-state index in [1.54, 1.807) is 0 Å². The summed E-state index contributed by atoms with van der Waals surface area (Å²) < 4.78 is 0. The minimum absolute atomic E-state index is 0.534. The molecule has 0 radical (unpaired) electrons. The molecule has 1 N–H and O–H groups in total. The number of aromatic nitrogens is 2. The van der Waals surface area contributed by atoms with Crippen LogP contribution in [0.4, 0.5) is 5.82 Å². The maximum atomic E-state index is 6.44. The molecule has 1 unspecified atom stereocenters. The van der Waals surface area contributed by atoms with Crippen LogP contribution in [0.15, 0.2) is 40.7 Å². The van der Waals surface area contributed by atoms with Crippen molar-refractivity contribution >= 4 is 23.6 Å². The van der Waals surface area contributed by atoms with Crippen molar-refractivity contribution in [2.45, 2.75) is 58.8 Å². The standard InChI is InChI=1S/C23H27ClN4/c1-3-16-13-15(2)21(25-14-16)27-23-18-10-5-4-6-12-20(18)26-22(28-23)17-9-7-8-11-19(17)24/h7-9,11,14,16H,3-6,10,12-13H2,1-2H3,(H,26,27,28). The minimum atomic E-state index is 0.534. The van der Waals surface area contributed by atoms with Gasteiger partial charge in [0.25, 0.3) is 0 Å². The van der Waals surface area contributed by atoms with Crippen LogP contribution >= 0.6 is 11.6 Å². The molecule has 4 rings (SSSR count). The van der Waals surface area contributed by atoms with Crippen LogP contribution in [-0.4, -0.2) is 16.2 Å². The summed E-state index contributed by atoms with van der Waals surface area (Å²) in [5, 5.41) is 4.23. The van der Waals surface area contributed by atoms with E-state index in [0.717, 1.165) is 48.6 Å². The minimum Gasteiger partial charge on any atom is -0.325 e. The number of aryl methyl sites for hydroxylation is 1. The van der Waals surface area contributed by atoms with E-state index in [1.165, 1.54) is 30.4 Å². The van der Waals surface area contributed by atoms with E-state index in [2.05, 4.69) is 25.4 Å². The lowest BCUT2D eigenvalue weighted by molar-refractivity contribution is 0.654. The van der Waals surface area contributed by atoms with Gasteiger partial charge in [0.2, 0.25) is 0 Å². The second-order valence-electron chi connectivity index (χ2n) is 7.77. The Bertz CT molecular complexity index is 932. The quantitative estimate of drug-likeness (QED) is 0.627. The van der Waals surface area contributed by atoms with Gasteiger partial charge < -0.3 is 5.32 Å². The molecule has 146 valence electrons. The summed E-state index contributed by atoms with van der Waals surface area (Å²) >= 11 is 6.44. The molecule has 0 amide bonds. The largest absolute Gasteiger partial charge is 0.325 e. The number of hydrogen-bond donors (Lipinski definition) is 1. The Hall–Kier alpha value is -2.20. The molecule has 0 fully saturated rings. The van der Waals surface area contributed by atoms with Crippen LogP contribution in [0.2, 0.25) is 5.02 Å². The summed E-state index contributed by atoms with van der Waals surface area (Å²) in [5.41, 5.74) is 4.55. The Morgan fingerprint density at radius 2 is 1.93 bits per heavy atom. The average molecular weight is 395 g/mol.